The molecular formula is C16H20N6O3S. The highest BCUT2D eigenvalue weighted by Crippen LogP contribution is 2.34. The van der Waals surface area contributed by atoms with Crippen molar-refractivity contribution in [2.45, 2.75) is 32.5 Å². The Kier molecular flexibility index (Phi) is 4.70. The Hall–Kier alpha value is -2.30. The van der Waals surface area contributed by atoms with Crippen molar-refractivity contribution in [3.8, 4) is 6.01 Å². The lowest BCUT2D eigenvalue weighted by atomic mass is 10.2. The minimum atomic E-state index is -0.958. The van der Waals surface area contributed by atoms with E-state index >= 15 is 0 Å². The van der Waals surface area contributed by atoms with E-state index in [1.807, 2.05) is 4.57 Å². The summed E-state index contributed by atoms with van der Waals surface area (Å²) < 4.78 is 7.55. The maximum Gasteiger partial charge on any atom is 0.319 e. The van der Waals surface area contributed by atoms with Gasteiger partial charge in [0.15, 0.2) is 5.82 Å². The predicted molar refractivity (Wildman–Crippen MR) is 96.5 cm³/mol. The molecule has 1 atom stereocenters. The highest BCUT2D eigenvalue weighted by atomic mass is 32.1. The van der Waals surface area contributed by atoms with Crippen LogP contribution in [0.15, 0.2) is 12.4 Å². The molecule has 10 heteroatoms. The lowest BCUT2D eigenvalue weighted by molar-refractivity contribution is 0.0506. The van der Waals surface area contributed by atoms with Crippen molar-refractivity contribution < 1.29 is 14.9 Å². The third-order valence-corrected chi connectivity index (χ3v) is 5.48. The zero-order chi connectivity index (χ0) is 18.1. The Morgan fingerprint density at radius 2 is 2.23 bits per heavy atom. The summed E-state index contributed by atoms with van der Waals surface area (Å²) in [5.74, 6) is 1.70. The number of hydrogen-bond donors (Lipinski definition) is 2. The molecule has 1 aliphatic heterocycles. The Morgan fingerprint density at radius 3 is 3.04 bits per heavy atom. The van der Waals surface area contributed by atoms with Gasteiger partial charge in [0.25, 0.3) is 0 Å². The van der Waals surface area contributed by atoms with Crippen LogP contribution in [0.4, 0.5) is 5.82 Å². The van der Waals surface area contributed by atoms with Gasteiger partial charge in [0.05, 0.1) is 18.5 Å². The fourth-order valence-corrected chi connectivity index (χ4v) is 3.84. The first kappa shape index (κ1) is 17.1. The van der Waals surface area contributed by atoms with Crippen LogP contribution in [0, 0.1) is 0 Å². The first-order valence-corrected chi connectivity index (χ1v) is 9.33. The van der Waals surface area contributed by atoms with Gasteiger partial charge in [-0.1, -0.05) is 6.92 Å². The van der Waals surface area contributed by atoms with E-state index in [9.17, 15) is 5.11 Å². The molecule has 26 heavy (non-hydrogen) atoms. The third kappa shape index (κ3) is 3.22. The molecule has 3 aromatic heterocycles. The normalized spacial score (nSPS) is 15.3. The third-order valence-electron chi connectivity index (χ3n) is 4.31. The minimum Gasteiger partial charge on any atom is -0.461 e. The van der Waals surface area contributed by atoms with Crippen molar-refractivity contribution >= 4 is 27.4 Å². The van der Waals surface area contributed by atoms with E-state index in [0.29, 0.717) is 6.54 Å². The van der Waals surface area contributed by atoms with Crippen LogP contribution in [0.1, 0.15) is 17.6 Å². The standard InChI is InChI=1S/C16H20N6O3S/c1-2-11-5-12-14(21-3-4-22-9-17-20-13(22)6-21)18-16(19-15(12)26-11)25-8-10(24)7-23/h5,9-10,23-24H,2-4,6-8H2,1H3. The van der Waals surface area contributed by atoms with E-state index < -0.39 is 6.10 Å². The Labute approximate surface area is 153 Å². The number of hydrogen-bond acceptors (Lipinski definition) is 9. The fourth-order valence-electron chi connectivity index (χ4n) is 2.89. The van der Waals surface area contributed by atoms with Crippen LogP contribution in [0.25, 0.3) is 10.2 Å². The van der Waals surface area contributed by atoms with Gasteiger partial charge in [-0.3, -0.25) is 0 Å². The topological polar surface area (TPSA) is 109 Å². The zero-order valence-corrected chi connectivity index (χ0v) is 15.2. The number of fused-ring (bicyclic) bond motifs is 2. The Balaban J connectivity index is 1.70. The molecule has 0 spiro atoms. The summed E-state index contributed by atoms with van der Waals surface area (Å²) in [7, 11) is 0. The predicted octanol–water partition coefficient (Wildman–Crippen LogP) is 0.597. The van der Waals surface area contributed by atoms with Gasteiger partial charge in [-0.15, -0.1) is 21.5 Å². The second kappa shape index (κ2) is 7.14. The lowest BCUT2D eigenvalue weighted by Crippen LogP contribution is -2.34. The van der Waals surface area contributed by atoms with Crippen LogP contribution >= 0.6 is 11.3 Å². The first-order chi connectivity index (χ1) is 12.7. The quantitative estimate of drug-likeness (QED) is 0.644. The first-order valence-electron chi connectivity index (χ1n) is 8.51. The molecule has 138 valence electrons. The molecular weight excluding hydrogens is 356 g/mol. The summed E-state index contributed by atoms with van der Waals surface area (Å²) in [6.07, 6.45) is 1.71. The van der Waals surface area contributed by atoms with E-state index in [2.05, 4.69) is 38.1 Å². The second-order valence-corrected chi connectivity index (χ2v) is 7.24. The smallest absolute Gasteiger partial charge is 0.319 e. The molecule has 2 N–H and O–H groups in total. The van der Waals surface area contributed by atoms with Crippen molar-refractivity contribution in [2.24, 2.45) is 0 Å². The summed E-state index contributed by atoms with van der Waals surface area (Å²) in [6.45, 7) is 3.88. The van der Waals surface area contributed by atoms with E-state index in [1.54, 1.807) is 17.7 Å². The SMILES string of the molecule is CCc1cc2c(N3CCn4cnnc4C3)nc(OCC(O)CO)nc2s1. The van der Waals surface area contributed by atoms with Crippen LogP contribution in [0.5, 0.6) is 6.01 Å². The van der Waals surface area contributed by atoms with Crippen LogP contribution in [0.3, 0.4) is 0 Å². The van der Waals surface area contributed by atoms with Crippen LogP contribution in [0.2, 0.25) is 0 Å². The highest BCUT2D eigenvalue weighted by Gasteiger charge is 2.23. The van der Waals surface area contributed by atoms with E-state index in [1.165, 1.54) is 4.88 Å². The van der Waals surface area contributed by atoms with Crippen LogP contribution in [-0.4, -0.2) is 60.8 Å². The largest absolute Gasteiger partial charge is 0.461 e. The molecule has 9 nitrogen and oxygen atoms in total. The number of ether oxygens (including phenoxy) is 1. The summed E-state index contributed by atoms with van der Waals surface area (Å²) in [5.41, 5.74) is 0. The minimum absolute atomic E-state index is 0.0538. The summed E-state index contributed by atoms with van der Waals surface area (Å²) in [6, 6.07) is 2.33. The average molecular weight is 376 g/mol. The van der Waals surface area contributed by atoms with Crippen molar-refractivity contribution in [3.05, 3.63) is 23.1 Å². The molecule has 3 aromatic rings. The van der Waals surface area contributed by atoms with Gasteiger partial charge in [-0.2, -0.15) is 9.97 Å². The van der Waals surface area contributed by atoms with Crippen LogP contribution < -0.4 is 9.64 Å². The number of rotatable bonds is 6. The van der Waals surface area contributed by atoms with Gasteiger partial charge in [-0.05, 0) is 12.5 Å². The van der Waals surface area contributed by atoms with Crippen LogP contribution in [-0.2, 0) is 19.5 Å². The maximum atomic E-state index is 9.52. The molecule has 0 amide bonds. The van der Waals surface area contributed by atoms with Gasteiger partial charge in [0, 0.05) is 18.0 Å². The number of anilines is 1. The molecule has 0 aromatic carbocycles. The molecule has 4 heterocycles. The number of aryl methyl sites for hydroxylation is 1. The number of aromatic nitrogens is 5. The van der Waals surface area contributed by atoms with E-state index in [4.69, 9.17) is 9.84 Å². The summed E-state index contributed by atoms with van der Waals surface area (Å²) in [5, 5.41) is 27.6. The van der Waals surface area contributed by atoms with Gasteiger partial charge >= 0.3 is 6.01 Å². The number of aliphatic hydroxyl groups excluding tert-OH is 2. The van der Waals surface area contributed by atoms with Gasteiger partial charge in [-0.25, -0.2) is 0 Å². The van der Waals surface area contributed by atoms with Crippen molar-refractivity contribution in [3.63, 3.8) is 0 Å². The zero-order valence-electron chi connectivity index (χ0n) is 14.4. The second-order valence-electron chi connectivity index (χ2n) is 6.12. The molecule has 0 saturated heterocycles. The Morgan fingerprint density at radius 1 is 1.35 bits per heavy atom. The number of nitrogens with zero attached hydrogens (tertiary/aromatic N) is 6. The lowest BCUT2D eigenvalue weighted by Gasteiger charge is -2.28. The molecule has 0 aliphatic carbocycles. The van der Waals surface area contributed by atoms with Crippen molar-refractivity contribution in [1.29, 1.82) is 0 Å². The number of aliphatic hydroxyl groups is 2. The van der Waals surface area contributed by atoms with Gasteiger partial charge in [0.1, 0.15) is 29.7 Å². The molecule has 1 aliphatic rings. The van der Waals surface area contributed by atoms with Gasteiger partial charge in [0.2, 0.25) is 0 Å². The molecule has 0 saturated carbocycles. The fraction of sp³-hybridized carbons (Fsp3) is 0.500. The van der Waals surface area contributed by atoms with Crippen molar-refractivity contribution in [2.75, 3.05) is 24.7 Å². The van der Waals surface area contributed by atoms with E-state index in [-0.39, 0.29) is 19.2 Å². The monoisotopic (exact) mass is 376 g/mol. The molecule has 0 bridgehead atoms. The molecule has 4 rings (SSSR count). The Bertz CT molecular complexity index is 911. The number of thiophene rings is 1. The molecule has 0 fully saturated rings. The van der Waals surface area contributed by atoms with Crippen molar-refractivity contribution in [1.82, 2.24) is 24.7 Å². The highest BCUT2D eigenvalue weighted by molar-refractivity contribution is 7.18. The maximum absolute atomic E-state index is 9.52. The van der Waals surface area contributed by atoms with Gasteiger partial charge < -0.3 is 24.4 Å². The summed E-state index contributed by atoms with van der Waals surface area (Å²) >= 11 is 1.61. The van der Waals surface area contributed by atoms with E-state index in [0.717, 1.165) is 41.4 Å². The average Bonchev–Trinajstić information content (AvgIpc) is 3.30. The summed E-state index contributed by atoms with van der Waals surface area (Å²) in [4.78, 5) is 13.3. The molecule has 1 unspecified atom stereocenters. The molecule has 0 radical (unpaired) electrons.